The van der Waals surface area contributed by atoms with E-state index in [1.165, 1.54) is 4.90 Å². The molecule has 0 N–H and O–H groups in total. The van der Waals surface area contributed by atoms with Gasteiger partial charge in [0.2, 0.25) is 6.79 Å². The number of hydrogen-bond donors (Lipinski definition) is 0. The maximum atomic E-state index is 13.6. The minimum Gasteiger partial charge on any atom is -0.457 e. The zero-order chi connectivity index (χ0) is 24.5. The molecule has 0 unspecified atom stereocenters. The first-order chi connectivity index (χ1) is 17.7. The standard InChI is InChI=1S/C30H21NO5/c32-29-25-9-5-4-8-24(25)26(16-20-10-13-23(14-11-20)36-22-6-2-1-3-7-22)30(33)31(29)18-21-12-15-27-28(17-21)35-19-34-27/h1-17H,18-19H2/b26-16-. The second-order valence-corrected chi connectivity index (χ2v) is 8.47. The van der Waals surface area contributed by atoms with E-state index >= 15 is 0 Å². The van der Waals surface area contributed by atoms with Crippen LogP contribution in [0, 0.1) is 0 Å². The summed E-state index contributed by atoms with van der Waals surface area (Å²) in [6.07, 6.45) is 1.81. The van der Waals surface area contributed by atoms with Crippen molar-refractivity contribution in [2.75, 3.05) is 6.79 Å². The lowest BCUT2D eigenvalue weighted by atomic mass is 9.91. The summed E-state index contributed by atoms with van der Waals surface area (Å²) >= 11 is 0. The molecule has 0 aromatic heterocycles. The van der Waals surface area contributed by atoms with Crippen LogP contribution in [-0.2, 0) is 11.3 Å². The maximum Gasteiger partial charge on any atom is 0.261 e. The SMILES string of the molecule is O=C1/C(=C\c2ccc(Oc3ccccc3)cc2)c2ccccc2C(=O)N1Cc1ccc2c(c1)OCO2. The number of amides is 2. The van der Waals surface area contributed by atoms with E-state index in [1.54, 1.807) is 24.3 Å². The molecule has 0 fully saturated rings. The van der Waals surface area contributed by atoms with E-state index in [2.05, 4.69) is 0 Å². The molecule has 0 bridgehead atoms. The normalized spacial score (nSPS) is 15.2. The Morgan fingerprint density at radius 3 is 2.22 bits per heavy atom. The summed E-state index contributed by atoms with van der Waals surface area (Å²) in [5, 5.41) is 0. The number of para-hydroxylation sites is 1. The van der Waals surface area contributed by atoms with Crippen LogP contribution in [0.25, 0.3) is 11.6 Å². The van der Waals surface area contributed by atoms with Crippen molar-refractivity contribution < 1.29 is 23.8 Å². The van der Waals surface area contributed by atoms with E-state index in [-0.39, 0.29) is 25.2 Å². The third-order valence-corrected chi connectivity index (χ3v) is 6.12. The second kappa shape index (κ2) is 9.07. The number of rotatable bonds is 5. The van der Waals surface area contributed by atoms with Crippen molar-refractivity contribution in [2.24, 2.45) is 0 Å². The van der Waals surface area contributed by atoms with Crippen LogP contribution in [0.2, 0.25) is 0 Å². The van der Waals surface area contributed by atoms with Gasteiger partial charge in [-0.05, 0) is 65.2 Å². The van der Waals surface area contributed by atoms with Gasteiger partial charge in [0.1, 0.15) is 11.5 Å². The molecule has 0 atom stereocenters. The Bertz CT molecular complexity index is 1490. The van der Waals surface area contributed by atoms with E-state index in [1.807, 2.05) is 78.9 Å². The van der Waals surface area contributed by atoms with Crippen LogP contribution in [0.3, 0.4) is 0 Å². The predicted molar refractivity (Wildman–Crippen MR) is 135 cm³/mol. The third-order valence-electron chi connectivity index (χ3n) is 6.12. The topological polar surface area (TPSA) is 65.1 Å². The highest BCUT2D eigenvalue weighted by molar-refractivity contribution is 6.33. The second-order valence-electron chi connectivity index (χ2n) is 8.47. The minimum atomic E-state index is -0.346. The van der Waals surface area contributed by atoms with Gasteiger partial charge in [-0.15, -0.1) is 0 Å². The highest BCUT2D eigenvalue weighted by atomic mass is 16.7. The molecule has 2 aliphatic heterocycles. The van der Waals surface area contributed by atoms with Crippen molar-refractivity contribution in [3.63, 3.8) is 0 Å². The highest BCUT2D eigenvalue weighted by Gasteiger charge is 2.34. The minimum absolute atomic E-state index is 0.129. The number of ether oxygens (including phenoxy) is 3. The van der Waals surface area contributed by atoms with Crippen LogP contribution >= 0.6 is 0 Å². The first-order valence-electron chi connectivity index (χ1n) is 11.5. The predicted octanol–water partition coefficient (Wildman–Crippen LogP) is 5.93. The average Bonchev–Trinajstić information content (AvgIpc) is 3.39. The molecule has 6 rings (SSSR count). The monoisotopic (exact) mass is 475 g/mol. The molecule has 176 valence electrons. The molecule has 2 aliphatic rings. The zero-order valence-electron chi connectivity index (χ0n) is 19.2. The molecule has 6 heteroatoms. The Morgan fingerprint density at radius 2 is 1.42 bits per heavy atom. The third kappa shape index (κ3) is 4.09. The number of carbonyl (C=O) groups excluding carboxylic acids is 2. The summed E-state index contributed by atoms with van der Waals surface area (Å²) < 4.78 is 16.7. The Kier molecular flexibility index (Phi) is 5.46. The van der Waals surface area contributed by atoms with Gasteiger partial charge in [0.25, 0.3) is 11.8 Å². The summed E-state index contributed by atoms with van der Waals surface area (Å²) in [7, 11) is 0. The van der Waals surface area contributed by atoms with Gasteiger partial charge in [0.05, 0.1) is 6.54 Å². The summed E-state index contributed by atoms with van der Waals surface area (Å²) in [5.74, 6) is 2.04. The quantitative estimate of drug-likeness (QED) is 0.264. The average molecular weight is 476 g/mol. The Hall–Kier alpha value is -4.84. The molecular weight excluding hydrogens is 454 g/mol. The summed E-state index contributed by atoms with van der Waals surface area (Å²) in [6, 6.07) is 29.6. The van der Waals surface area contributed by atoms with Gasteiger partial charge in [-0.1, -0.05) is 54.6 Å². The van der Waals surface area contributed by atoms with Crippen molar-refractivity contribution in [3.05, 3.63) is 119 Å². The smallest absolute Gasteiger partial charge is 0.261 e. The molecule has 0 saturated heterocycles. The van der Waals surface area contributed by atoms with Crippen LogP contribution in [0.4, 0.5) is 0 Å². The number of benzene rings is 4. The van der Waals surface area contributed by atoms with Gasteiger partial charge in [0, 0.05) is 11.1 Å². The molecule has 0 saturated carbocycles. The van der Waals surface area contributed by atoms with E-state index in [4.69, 9.17) is 14.2 Å². The number of nitrogens with zero attached hydrogens (tertiary/aromatic N) is 1. The van der Waals surface area contributed by atoms with E-state index in [9.17, 15) is 9.59 Å². The number of imide groups is 1. The molecule has 36 heavy (non-hydrogen) atoms. The summed E-state index contributed by atoms with van der Waals surface area (Å²) in [4.78, 5) is 28.2. The van der Waals surface area contributed by atoms with Crippen LogP contribution in [0.1, 0.15) is 27.0 Å². The lowest BCUT2D eigenvalue weighted by molar-refractivity contribution is -0.123. The summed E-state index contributed by atoms with van der Waals surface area (Å²) in [5.41, 5.74) is 3.18. The van der Waals surface area contributed by atoms with Crippen molar-refractivity contribution >= 4 is 23.5 Å². The van der Waals surface area contributed by atoms with Crippen molar-refractivity contribution in [2.45, 2.75) is 6.54 Å². The van der Waals surface area contributed by atoms with Crippen LogP contribution in [0.15, 0.2) is 97.1 Å². The van der Waals surface area contributed by atoms with Crippen molar-refractivity contribution in [1.82, 2.24) is 4.90 Å². The molecule has 2 amide bonds. The molecule has 0 spiro atoms. The Balaban J connectivity index is 1.31. The molecule has 0 aliphatic carbocycles. The van der Waals surface area contributed by atoms with Gasteiger partial charge in [-0.3, -0.25) is 14.5 Å². The van der Waals surface area contributed by atoms with Gasteiger partial charge in [0.15, 0.2) is 11.5 Å². The van der Waals surface area contributed by atoms with Crippen LogP contribution in [0.5, 0.6) is 23.0 Å². The molecule has 4 aromatic rings. The Morgan fingerprint density at radius 1 is 0.722 bits per heavy atom. The molecular formula is C30H21NO5. The van der Waals surface area contributed by atoms with Crippen molar-refractivity contribution in [1.29, 1.82) is 0 Å². The first-order valence-corrected chi connectivity index (χ1v) is 11.5. The number of hydrogen-bond acceptors (Lipinski definition) is 5. The van der Waals surface area contributed by atoms with E-state index in [0.717, 1.165) is 16.9 Å². The molecule has 6 nitrogen and oxygen atoms in total. The fraction of sp³-hybridized carbons (Fsp3) is 0.0667. The lowest BCUT2D eigenvalue weighted by Gasteiger charge is -2.29. The Labute approximate surface area is 208 Å². The van der Waals surface area contributed by atoms with Gasteiger partial charge < -0.3 is 14.2 Å². The van der Waals surface area contributed by atoms with E-state index < -0.39 is 0 Å². The highest BCUT2D eigenvalue weighted by Crippen LogP contribution is 2.35. The van der Waals surface area contributed by atoms with Crippen LogP contribution in [-0.4, -0.2) is 23.5 Å². The summed E-state index contributed by atoms with van der Waals surface area (Å²) in [6.45, 7) is 0.291. The first kappa shape index (κ1) is 21.7. The largest absolute Gasteiger partial charge is 0.457 e. The van der Waals surface area contributed by atoms with Crippen LogP contribution < -0.4 is 14.2 Å². The van der Waals surface area contributed by atoms with Gasteiger partial charge in [-0.25, -0.2) is 0 Å². The maximum absolute atomic E-state index is 13.6. The number of fused-ring (bicyclic) bond motifs is 2. The fourth-order valence-electron chi connectivity index (χ4n) is 4.33. The molecule has 0 radical (unpaired) electrons. The molecule has 4 aromatic carbocycles. The zero-order valence-corrected chi connectivity index (χ0v) is 19.2. The van der Waals surface area contributed by atoms with Crippen molar-refractivity contribution in [3.8, 4) is 23.0 Å². The molecule has 2 heterocycles. The van der Waals surface area contributed by atoms with Gasteiger partial charge >= 0.3 is 0 Å². The fourth-order valence-corrected chi connectivity index (χ4v) is 4.33. The lowest BCUT2D eigenvalue weighted by Crippen LogP contribution is -2.41. The van der Waals surface area contributed by atoms with Gasteiger partial charge in [-0.2, -0.15) is 0 Å². The number of carbonyl (C=O) groups is 2. The van der Waals surface area contributed by atoms with E-state index in [0.29, 0.717) is 33.9 Å².